The highest BCUT2D eigenvalue weighted by molar-refractivity contribution is 7.89. The van der Waals surface area contributed by atoms with Crippen molar-refractivity contribution in [2.75, 3.05) is 18.0 Å². The standard InChI is InChI=1S/C18H20N4O3S/c1-4-12-11-19-17-21(5-2)16(23)14-10-13(6-7-15(14)22(12)17)26(24,25)20-18(3)8-9-18/h1,6-7,10,12,20H,5,8-9,11H2,2-3H3. The molecule has 0 saturated heterocycles. The topological polar surface area (TPSA) is 82.1 Å². The fraction of sp³-hybridized carbons (Fsp3) is 0.444. The van der Waals surface area contributed by atoms with Crippen LogP contribution in [0.5, 0.6) is 0 Å². The molecule has 0 radical (unpaired) electrons. The van der Waals surface area contributed by atoms with Gasteiger partial charge < -0.3 is 0 Å². The number of hydrogen-bond acceptors (Lipinski definition) is 5. The number of rotatable bonds is 4. The lowest BCUT2D eigenvalue weighted by molar-refractivity contribution is 0.0846. The van der Waals surface area contributed by atoms with Gasteiger partial charge in [0.1, 0.15) is 6.04 Å². The second-order valence-corrected chi connectivity index (χ2v) is 8.77. The van der Waals surface area contributed by atoms with E-state index in [0.717, 1.165) is 12.8 Å². The number of nitrogens with one attached hydrogen (secondary N) is 1. The Morgan fingerprint density at radius 1 is 1.42 bits per heavy atom. The number of sulfonamides is 1. The molecule has 1 N–H and O–H groups in total. The highest BCUT2D eigenvalue weighted by Crippen LogP contribution is 2.37. The summed E-state index contributed by atoms with van der Waals surface area (Å²) in [5, 5.41) is 0. The second kappa shape index (κ2) is 5.56. The molecule has 1 saturated carbocycles. The van der Waals surface area contributed by atoms with Gasteiger partial charge in [-0.2, -0.15) is 0 Å². The van der Waals surface area contributed by atoms with Crippen LogP contribution in [-0.4, -0.2) is 49.9 Å². The molecule has 2 heterocycles. The first kappa shape index (κ1) is 17.1. The molecule has 1 atom stereocenters. The molecule has 1 unspecified atom stereocenters. The average Bonchev–Trinajstić information content (AvgIpc) is 3.17. The molecule has 4 rings (SSSR count). The van der Waals surface area contributed by atoms with Crippen molar-refractivity contribution in [3.63, 3.8) is 0 Å². The molecule has 1 aromatic rings. The maximum atomic E-state index is 12.9. The van der Waals surface area contributed by atoms with Gasteiger partial charge in [0, 0.05) is 12.1 Å². The first-order chi connectivity index (χ1) is 12.3. The summed E-state index contributed by atoms with van der Waals surface area (Å²) < 4.78 is 28.1. The fourth-order valence-corrected chi connectivity index (χ4v) is 4.83. The summed E-state index contributed by atoms with van der Waals surface area (Å²) in [5.74, 6) is 2.97. The maximum absolute atomic E-state index is 12.9. The zero-order valence-electron chi connectivity index (χ0n) is 14.7. The van der Waals surface area contributed by atoms with Crippen LogP contribution in [0, 0.1) is 12.3 Å². The number of anilines is 1. The molecule has 0 aromatic heterocycles. The van der Waals surface area contributed by atoms with Crippen molar-refractivity contribution in [2.24, 2.45) is 4.99 Å². The molecule has 0 bridgehead atoms. The van der Waals surface area contributed by atoms with E-state index in [1.54, 1.807) is 6.07 Å². The number of aliphatic imine (C=N–C) groups is 1. The molecule has 7 nitrogen and oxygen atoms in total. The van der Waals surface area contributed by atoms with Gasteiger partial charge in [-0.05, 0) is 44.9 Å². The van der Waals surface area contributed by atoms with Crippen molar-refractivity contribution in [1.82, 2.24) is 9.62 Å². The fourth-order valence-electron chi connectivity index (χ4n) is 3.34. The summed E-state index contributed by atoms with van der Waals surface area (Å²) in [4.78, 5) is 20.8. The molecular weight excluding hydrogens is 352 g/mol. The Labute approximate surface area is 153 Å². The van der Waals surface area contributed by atoms with Crippen molar-refractivity contribution in [1.29, 1.82) is 0 Å². The minimum atomic E-state index is -3.69. The van der Waals surface area contributed by atoms with E-state index in [1.807, 2.05) is 18.7 Å². The molecule has 26 heavy (non-hydrogen) atoms. The van der Waals surface area contributed by atoms with Crippen molar-refractivity contribution >= 4 is 27.6 Å². The highest BCUT2D eigenvalue weighted by Gasteiger charge is 2.43. The lowest BCUT2D eigenvalue weighted by Gasteiger charge is -2.37. The van der Waals surface area contributed by atoms with Gasteiger partial charge in [0.05, 0.1) is 22.7 Å². The van der Waals surface area contributed by atoms with Gasteiger partial charge in [-0.3, -0.25) is 14.6 Å². The number of carbonyl (C=O) groups excluding carboxylic acids is 1. The van der Waals surface area contributed by atoms with E-state index in [9.17, 15) is 13.2 Å². The lowest BCUT2D eigenvalue weighted by Crippen LogP contribution is -2.52. The number of hydrogen-bond donors (Lipinski definition) is 1. The Hall–Kier alpha value is -2.37. The van der Waals surface area contributed by atoms with Crippen LogP contribution in [0.1, 0.15) is 37.0 Å². The monoisotopic (exact) mass is 372 g/mol. The molecule has 1 amide bonds. The van der Waals surface area contributed by atoms with E-state index in [2.05, 4.69) is 15.6 Å². The van der Waals surface area contributed by atoms with Crippen LogP contribution in [0.25, 0.3) is 0 Å². The Kier molecular flexibility index (Phi) is 3.65. The predicted octanol–water partition coefficient (Wildman–Crippen LogP) is 1.17. The molecule has 0 spiro atoms. The Balaban J connectivity index is 1.80. The summed E-state index contributed by atoms with van der Waals surface area (Å²) >= 11 is 0. The number of amides is 1. The number of fused-ring (bicyclic) bond motifs is 3. The summed E-state index contributed by atoms with van der Waals surface area (Å²) in [6, 6.07) is 4.33. The van der Waals surface area contributed by atoms with Gasteiger partial charge in [0.15, 0.2) is 0 Å². The summed E-state index contributed by atoms with van der Waals surface area (Å²) in [7, 11) is -3.69. The number of guanidine groups is 1. The van der Waals surface area contributed by atoms with Crippen LogP contribution >= 0.6 is 0 Å². The molecule has 8 heteroatoms. The Bertz CT molecular complexity index is 973. The summed E-state index contributed by atoms with van der Waals surface area (Å²) in [5.41, 5.74) is 0.560. The first-order valence-corrected chi connectivity index (χ1v) is 10.1. The van der Waals surface area contributed by atoms with Gasteiger partial charge >= 0.3 is 0 Å². The number of benzene rings is 1. The third-order valence-electron chi connectivity index (χ3n) is 5.08. The van der Waals surface area contributed by atoms with E-state index in [-0.39, 0.29) is 22.4 Å². The summed E-state index contributed by atoms with van der Waals surface area (Å²) in [6.45, 7) is 4.56. The smallest absolute Gasteiger partial charge is 0.262 e. The van der Waals surface area contributed by atoms with E-state index in [4.69, 9.17) is 6.42 Å². The van der Waals surface area contributed by atoms with Crippen molar-refractivity contribution in [3.8, 4) is 12.3 Å². The van der Waals surface area contributed by atoms with E-state index in [0.29, 0.717) is 30.3 Å². The largest absolute Gasteiger partial charge is 0.295 e. The molecular formula is C18H20N4O3S. The zero-order chi connectivity index (χ0) is 18.7. The van der Waals surface area contributed by atoms with Crippen LogP contribution in [0.4, 0.5) is 5.69 Å². The van der Waals surface area contributed by atoms with Gasteiger partial charge in [-0.1, -0.05) is 5.92 Å². The van der Waals surface area contributed by atoms with Gasteiger partial charge in [0.25, 0.3) is 5.91 Å². The third kappa shape index (κ3) is 2.50. The molecule has 1 aromatic carbocycles. The SMILES string of the molecule is C#CC1CN=C2N(CC)C(=O)c3cc(S(=O)(=O)NC4(C)CC4)ccc3N21. The molecule has 1 fully saturated rings. The molecule has 1 aliphatic carbocycles. The summed E-state index contributed by atoms with van der Waals surface area (Å²) in [6.07, 6.45) is 7.25. The molecule has 136 valence electrons. The van der Waals surface area contributed by atoms with Crippen LogP contribution in [0.3, 0.4) is 0 Å². The predicted molar refractivity (Wildman–Crippen MR) is 98.5 cm³/mol. The average molecular weight is 372 g/mol. The second-order valence-electron chi connectivity index (χ2n) is 7.09. The Morgan fingerprint density at radius 3 is 2.77 bits per heavy atom. The van der Waals surface area contributed by atoms with E-state index >= 15 is 0 Å². The van der Waals surface area contributed by atoms with Gasteiger partial charge in [0.2, 0.25) is 16.0 Å². The number of carbonyl (C=O) groups is 1. The highest BCUT2D eigenvalue weighted by atomic mass is 32.2. The van der Waals surface area contributed by atoms with Gasteiger partial charge in [-0.15, -0.1) is 6.42 Å². The quantitative estimate of drug-likeness (QED) is 0.805. The molecule has 2 aliphatic heterocycles. The van der Waals surface area contributed by atoms with E-state index < -0.39 is 10.0 Å². The van der Waals surface area contributed by atoms with Crippen LogP contribution in [0.2, 0.25) is 0 Å². The van der Waals surface area contributed by atoms with Crippen molar-refractivity contribution in [2.45, 2.75) is 43.2 Å². The minimum absolute atomic E-state index is 0.0885. The molecule has 3 aliphatic rings. The maximum Gasteiger partial charge on any atom is 0.262 e. The zero-order valence-corrected chi connectivity index (χ0v) is 15.5. The number of terminal acetylenes is 1. The van der Waals surface area contributed by atoms with Crippen molar-refractivity contribution < 1.29 is 13.2 Å². The third-order valence-corrected chi connectivity index (χ3v) is 6.71. The normalized spacial score (nSPS) is 23.2. The van der Waals surface area contributed by atoms with Crippen LogP contribution in [0.15, 0.2) is 28.1 Å². The lowest BCUT2D eigenvalue weighted by atomic mass is 10.1. The first-order valence-electron chi connectivity index (χ1n) is 8.59. The minimum Gasteiger partial charge on any atom is -0.295 e. The van der Waals surface area contributed by atoms with E-state index in [1.165, 1.54) is 17.0 Å². The van der Waals surface area contributed by atoms with Crippen molar-refractivity contribution in [3.05, 3.63) is 23.8 Å². The van der Waals surface area contributed by atoms with Gasteiger partial charge in [-0.25, -0.2) is 18.1 Å². The Morgan fingerprint density at radius 2 is 2.15 bits per heavy atom. The van der Waals surface area contributed by atoms with Crippen LogP contribution in [-0.2, 0) is 10.0 Å². The number of nitrogens with zero attached hydrogens (tertiary/aromatic N) is 3. The van der Waals surface area contributed by atoms with Crippen LogP contribution < -0.4 is 9.62 Å².